The Balaban J connectivity index is 3.22. The van der Waals surface area contributed by atoms with E-state index in [1.165, 1.54) is 0 Å². The smallest absolute Gasteiger partial charge is 0.304 e. The maximum Gasteiger partial charge on any atom is 0.304 e. The molecule has 11 heavy (non-hydrogen) atoms. The predicted molar refractivity (Wildman–Crippen MR) is 40.2 cm³/mol. The Bertz CT molecular complexity index is 118. The molecule has 0 heterocycles. The van der Waals surface area contributed by atoms with Crippen molar-refractivity contribution >= 4 is 5.97 Å². The van der Waals surface area contributed by atoms with Crippen LogP contribution in [0.4, 0.5) is 0 Å². The van der Waals surface area contributed by atoms with Crippen molar-refractivity contribution in [3.8, 4) is 0 Å². The van der Waals surface area contributed by atoms with Crippen LogP contribution in [0.1, 0.15) is 6.42 Å². The van der Waals surface area contributed by atoms with Gasteiger partial charge in [0, 0.05) is 19.1 Å². The Labute approximate surface area is 65.2 Å². The van der Waals surface area contributed by atoms with Crippen LogP contribution in [0.25, 0.3) is 0 Å². The molecule has 0 aliphatic heterocycles. The number of aliphatic carboxylic acids is 1. The first-order valence-corrected chi connectivity index (χ1v) is 3.45. The molecule has 0 rings (SSSR count). The summed E-state index contributed by atoms with van der Waals surface area (Å²) >= 11 is 0. The van der Waals surface area contributed by atoms with Crippen LogP contribution in [-0.4, -0.2) is 41.9 Å². The van der Waals surface area contributed by atoms with E-state index in [4.69, 9.17) is 15.9 Å². The molecule has 0 spiro atoms. The van der Waals surface area contributed by atoms with E-state index < -0.39 is 5.97 Å². The maximum atomic E-state index is 10.1. The summed E-state index contributed by atoms with van der Waals surface area (Å²) in [5.74, 6) is -0.900. The average molecular weight is 162 g/mol. The van der Waals surface area contributed by atoms with Gasteiger partial charge in [0.15, 0.2) is 0 Å². The summed E-state index contributed by atoms with van der Waals surface area (Å²) in [6.07, 6.45) is -0.0432. The lowest BCUT2D eigenvalue weighted by atomic mass is 10.2. The van der Waals surface area contributed by atoms with Gasteiger partial charge in [-0.15, -0.1) is 0 Å². The summed E-state index contributed by atoms with van der Waals surface area (Å²) in [6.45, 7) is 0.917. The molecule has 0 radical (unpaired) electrons. The number of nitrogens with two attached hydrogens (primary N) is 1. The summed E-state index contributed by atoms with van der Waals surface area (Å²) in [6, 6.07) is -0.376. The minimum absolute atomic E-state index is 0.0415. The van der Waals surface area contributed by atoms with Gasteiger partial charge < -0.3 is 21.3 Å². The minimum Gasteiger partial charge on any atom is -0.481 e. The summed E-state index contributed by atoms with van der Waals surface area (Å²) in [5, 5.41) is 19.4. The van der Waals surface area contributed by atoms with Crippen LogP contribution in [-0.2, 0) is 4.79 Å². The molecule has 5 nitrogen and oxygen atoms in total. The van der Waals surface area contributed by atoms with Crippen molar-refractivity contribution in [2.45, 2.75) is 12.5 Å². The maximum absolute atomic E-state index is 10.1. The van der Waals surface area contributed by atoms with Crippen molar-refractivity contribution in [1.82, 2.24) is 5.32 Å². The summed E-state index contributed by atoms with van der Waals surface area (Å²) < 4.78 is 0. The summed E-state index contributed by atoms with van der Waals surface area (Å²) in [7, 11) is 0. The first kappa shape index (κ1) is 10.3. The van der Waals surface area contributed by atoms with E-state index in [1.807, 2.05) is 0 Å². The molecular formula is C6H14N2O3. The number of nitrogens with one attached hydrogen (secondary N) is 1. The molecule has 0 aromatic rings. The Morgan fingerprint density at radius 2 is 2.27 bits per heavy atom. The Morgan fingerprint density at radius 3 is 2.73 bits per heavy atom. The van der Waals surface area contributed by atoms with Crippen LogP contribution in [0.15, 0.2) is 0 Å². The Morgan fingerprint density at radius 1 is 1.64 bits per heavy atom. The zero-order valence-corrected chi connectivity index (χ0v) is 6.29. The number of carbonyl (C=O) groups is 1. The monoisotopic (exact) mass is 162 g/mol. The molecule has 1 unspecified atom stereocenters. The third-order valence-electron chi connectivity index (χ3n) is 1.13. The molecule has 0 saturated carbocycles. The molecule has 0 bridgehead atoms. The zero-order valence-electron chi connectivity index (χ0n) is 6.29. The number of hydrogen-bond acceptors (Lipinski definition) is 4. The molecule has 5 heteroatoms. The highest BCUT2D eigenvalue weighted by Gasteiger charge is 2.06. The predicted octanol–water partition coefficient (Wildman–Crippen LogP) is -1.63. The van der Waals surface area contributed by atoms with Crippen LogP contribution in [0.5, 0.6) is 0 Å². The van der Waals surface area contributed by atoms with Gasteiger partial charge in [-0.1, -0.05) is 0 Å². The standard InChI is InChI=1S/C6H14N2O3/c7-5(3-6(10)11)4-8-1-2-9/h5,8-9H,1-4,7H2,(H,10,11). The Kier molecular flexibility index (Phi) is 5.73. The van der Waals surface area contributed by atoms with Crippen LogP contribution >= 0.6 is 0 Å². The van der Waals surface area contributed by atoms with E-state index in [-0.39, 0.29) is 19.1 Å². The minimum atomic E-state index is -0.900. The van der Waals surface area contributed by atoms with E-state index in [9.17, 15) is 4.79 Å². The SMILES string of the molecule is NC(CNCCO)CC(=O)O. The molecule has 66 valence electrons. The Hall–Kier alpha value is -0.650. The number of aliphatic hydroxyl groups excluding tert-OH is 1. The molecule has 0 aromatic heterocycles. The van der Waals surface area contributed by atoms with Gasteiger partial charge in [-0.2, -0.15) is 0 Å². The highest BCUT2D eigenvalue weighted by Crippen LogP contribution is 1.84. The molecular weight excluding hydrogens is 148 g/mol. The van der Waals surface area contributed by atoms with E-state index >= 15 is 0 Å². The van der Waals surface area contributed by atoms with Gasteiger partial charge in [0.25, 0.3) is 0 Å². The first-order chi connectivity index (χ1) is 5.16. The van der Waals surface area contributed by atoms with Crippen molar-refractivity contribution in [3.05, 3.63) is 0 Å². The number of aliphatic hydroxyl groups is 1. The highest BCUT2D eigenvalue weighted by atomic mass is 16.4. The second-order valence-corrected chi connectivity index (χ2v) is 2.29. The molecule has 5 N–H and O–H groups in total. The van der Waals surface area contributed by atoms with Crippen molar-refractivity contribution in [1.29, 1.82) is 0 Å². The third-order valence-corrected chi connectivity index (χ3v) is 1.13. The lowest BCUT2D eigenvalue weighted by molar-refractivity contribution is -0.137. The number of carboxylic acids is 1. The second-order valence-electron chi connectivity index (χ2n) is 2.29. The van der Waals surface area contributed by atoms with E-state index in [0.29, 0.717) is 13.1 Å². The van der Waals surface area contributed by atoms with Gasteiger partial charge in [0.1, 0.15) is 0 Å². The number of hydrogen-bond donors (Lipinski definition) is 4. The lowest BCUT2D eigenvalue weighted by Crippen LogP contribution is -2.36. The molecule has 0 saturated heterocycles. The first-order valence-electron chi connectivity index (χ1n) is 3.45. The fourth-order valence-corrected chi connectivity index (χ4v) is 0.663. The van der Waals surface area contributed by atoms with Crippen LogP contribution in [0.3, 0.4) is 0 Å². The number of carboxylic acid groups (broad SMARTS) is 1. The van der Waals surface area contributed by atoms with E-state index in [2.05, 4.69) is 5.32 Å². The lowest BCUT2D eigenvalue weighted by Gasteiger charge is -2.08. The van der Waals surface area contributed by atoms with Gasteiger partial charge in [0.05, 0.1) is 13.0 Å². The zero-order chi connectivity index (χ0) is 8.69. The fraction of sp³-hybridized carbons (Fsp3) is 0.833. The summed E-state index contributed by atoms with van der Waals surface area (Å²) in [5.41, 5.74) is 5.39. The largest absolute Gasteiger partial charge is 0.481 e. The molecule has 1 atom stereocenters. The highest BCUT2D eigenvalue weighted by molar-refractivity contribution is 5.67. The van der Waals surface area contributed by atoms with Crippen LogP contribution in [0.2, 0.25) is 0 Å². The van der Waals surface area contributed by atoms with Gasteiger partial charge in [-0.05, 0) is 0 Å². The van der Waals surface area contributed by atoms with Crippen molar-refractivity contribution in [2.75, 3.05) is 19.7 Å². The number of rotatable bonds is 6. The molecule has 0 amide bonds. The van der Waals surface area contributed by atoms with Crippen molar-refractivity contribution in [2.24, 2.45) is 5.73 Å². The van der Waals surface area contributed by atoms with Crippen LogP contribution < -0.4 is 11.1 Å². The van der Waals surface area contributed by atoms with Gasteiger partial charge in [0.2, 0.25) is 0 Å². The molecule has 0 fully saturated rings. The normalized spacial score (nSPS) is 12.9. The van der Waals surface area contributed by atoms with Gasteiger partial charge in [-0.3, -0.25) is 4.79 Å². The molecule has 0 aliphatic rings. The van der Waals surface area contributed by atoms with Gasteiger partial charge >= 0.3 is 5.97 Å². The fourth-order valence-electron chi connectivity index (χ4n) is 0.663. The third kappa shape index (κ3) is 7.24. The quantitative estimate of drug-likeness (QED) is 0.352. The average Bonchev–Trinajstić information content (AvgIpc) is 1.86. The van der Waals surface area contributed by atoms with E-state index in [0.717, 1.165) is 0 Å². The van der Waals surface area contributed by atoms with E-state index in [1.54, 1.807) is 0 Å². The summed E-state index contributed by atoms with van der Waals surface area (Å²) in [4.78, 5) is 10.1. The molecule has 0 aliphatic carbocycles. The topological polar surface area (TPSA) is 95.6 Å². The van der Waals surface area contributed by atoms with Crippen LogP contribution in [0, 0.1) is 0 Å². The van der Waals surface area contributed by atoms with Crippen molar-refractivity contribution < 1.29 is 15.0 Å². The van der Waals surface area contributed by atoms with Gasteiger partial charge in [-0.25, -0.2) is 0 Å². The second kappa shape index (κ2) is 6.09. The van der Waals surface area contributed by atoms with Crippen molar-refractivity contribution in [3.63, 3.8) is 0 Å². The molecule has 0 aromatic carbocycles.